The predicted molar refractivity (Wildman–Crippen MR) is 135 cm³/mol. The average molecular weight is 578 g/mol. The molecule has 0 aliphatic carbocycles. The molecule has 3 aromatic rings. The van der Waals surface area contributed by atoms with Crippen LogP contribution in [0.25, 0.3) is 0 Å². The summed E-state index contributed by atoms with van der Waals surface area (Å²) in [6.07, 6.45) is 0. The maximum Gasteiger partial charge on any atom is 0.631 e. The highest BCUT2D eigenvalue weighted by molar-refractivity contribution is 7.86. The second-order valence-corrected chi connectivity index (χ2v) is 11.5. The van der Waals surface area contributed by atoms with E-state index in [4.69, 9.17) is 28.7 Å². The number of aryl methyl sites for hydroxylation is 3. The largest absolute Gasteiger partial charge is 0.631 e. The van der Waals surface area contributed by atoms with Gasteiger partial charge < -0.3 is 15.1 Å². The molecule has 0 radical (unpaired) electrons. The van der Waals surface area contributed by atoms with Crippen LogP contribution in [0.1, 0.15) is 16.7 Å². The summed E-state index contributed by atoms with van der Waals surface area (Å²) in [4.78, 5) is -0.200. The predicted octanol–water partition coefficient (Wildman–Crippen LogP) is 1.67. The highest BCUT2D eigenvalue weighted by Crippen LogP contribution is 2.10. The molecule has 0 aliphatic rings. The average Bonchev–Trinajstić information content (AvgIpc) is 2.73. The molecule has 204 valence electrons. The van der Waals surface area contributed by atoms with Gasteiger partial charge in [-0.15, -0.1) is 0 Å². The maximum absolute atomic E-state index is 10.5. The zero-order valence-electron chi connectivity index (χ0n) is 19.9. The van der Waals surface area contributed by atoms with Gasteiger partial charge in [-0.1, -0.05) is 53.1 Å². The van der Waals surface area contributed by atoms with Crippen molar-refractivity contribution in [2.24, 2.45) is 0 Å². The first-order valence-corrected chi connectivity index (χ1v) is 14.2. The molecular weight excluding hydrogens is 551 g/mol. The first-order valence-electron chi connectivity index (χ1n) is 9.90. The zero-order valence-corrected chi connectivity index (χ0v) is 22.3. The van der Waals surface area contributed by atoms with Crippen molar-refractivity contribution >= 4 is 37.7 Å². The van der Waals surface area contributed by atoms with Crippen molar-refractivity contribution in [1.29, 1.82) is 0 Å². The molecule has 0 heterocycles. The van der Waals surface area contributed by atoms with Gasteiger partial charge >= 0.3 is 7.32 Å². The molecule has 0 aliphatic heterocycles. The fourth-order valence-corrected chi connectivity index (χ4v) is 3.57. The van der Waals surface area contributed by atoms with Crippen molar-refractivity contribution in [2.75, 3.05) is 0 Å². The molecule has 0 unspecified atom stereocenters. The molecule has 0 saturated heterocycles. The Labute approximate surface area is 216 Å². The van der Waals surface area contributed by atoms with Crippen LogP contribution in [-0.2, 0) is 30.4 Å². The molecule has 0 atom stereocenters. The first-order chi connectivity index (χ1) is 16.7. The van der Waals surface area contributed by atoms with Crippen LogP contribution in [0.3, 0.4) is 0 Å². The van der Waals surface area contributed by atoms with Crippen LogP contribution >= 0.6 is 0 Å². The molecule has 0 bridgehead atoms. The summed E-state index contributed by atoms with van der Waals surface area (Å²) >= 11 is 0. The van der Waals surface area contributed by atoms with Crippen LogP contribution < -0.4 is 0 Å². The summed E-state index contributed by atoms with van der Waals surface area (Å²) in [6.45, 7) is 5.52. The van der Waals surface area contributed by atoms with Gasteiger partial charge in [-0.05, 0) is 57.2 Å². The Bertz CT molecular complexity index is 1240. The van der Waals surface area contributed by atoms with E-state index in [-0.39, 0.29) is 14.7 Å². The van der Waals surface area contributed by atoms with E-state index in [0.717, 1.165) is 16.7 Å². The number of rotatable bonds is 3. The lowest BCUT2D eigenvalue weighted by atomic mass is 10.2. The minimum atomic E-state index is -4.02. The lowest BCUT2D eigenvalue weighted by Gasteiger charge is -1.95. The number of hydrogen-bond donors (Lipinski definition) is 6. The van der Waals surface area contributed by atoms with E-state index in [9.17, 15) is 25.3 Å². The second-order valence-electron chi connectivity index (χ2n) is 7.21. The molecule has 3 rings (SSSR count). The Morgan fingerprint density at radius 2 is 0.568 bits per heavy atom. The summed E-state index contributed by atoms with van der Waals surface area (Å²) in [5, 5.41) is 21.5. The second kappa shape index (κ2) is 14.9. The normalized spacial score (nSPS) is 10.9. The molecule has 3 aromatic carbocycles. The lowest BCUT2D eigenvalue weighted by Crippen LogP contribution is -2.07. The first kappa shape index (κ1) is 34.3. The molecule has 37 heavy (non-hydrogen) atoms. The topological polar surface area (TPSA) is 224 Å². The van der Waals surface area contributed by atoms with Crippen molar-refractivity contribution in [1.82, 2.24) is 0 Å². The Morgan fingerprint density at radius 3 is 0.676 bits per heavy atom. The van der Waals surface area contributed by atoms with Crippen LogP contribution in [0.15, 0.2) is 87.5 Å². The van der Waals surface area contributed by atoms with E-state index >= 15 is 0 Å². The lowest BCUT2D eigenvalue weighted by molar-refractivity contribution is 0.278. The third kappa shape index (κ3) is 15.9. The Kier molecular flexibility index (Phi) is 13.8. The van der Waals surface area contributed by atoms with E-state index in [1.807, 2.05) is 20.8 Å². The molecule has 0 fully saturated rings. The van der Waals surface area contributed by atoms with E-state index in [0.29, 0.717) is 0 Å². The number of benzene rings is 3. The van der Waals surface area contributed by atoms with Crippen LogP contribution in [0, 0.1) is 20.8 Å². The Morgan fingerprint density at radius 1 is 0.432 bits per heavy atom. The Hall–Kier alpha value is -2.67. The van der Waals surface area contributed by atoms with Gasteiger partial charge in [0.1, 0.15) is 0 Å². The third-order valence-electron chi connectivity index (χ3n) is 3.96. The fourth-order valence-electron chi connectivity index (χ4n) is 2.13. The van der Waals surface area contributed by atoms with Crippen LogP contribution in [0.5, 0.6) is 0 Å². The summed E-state index contributed by atoms with van der Waals surface area (Å²) in [6, 6.07) is 18.0. The standard InChI is InChI=1S/3C7H8O3S.BH3O3/c3*1-6-2-4-7(5-3-6)11(8,9)10;2-1(3)4/h3*2-5H,1H3,(H,8,9,10);2-4H. The monoisotopic (exact) mass is 578 g/mol. The molecule has 16 heteroatoms. The smallest absolute Gasteiger partial charge is 0.402 e. The maximum atomic E-state index is 10.5. The summed E-state index contributed by atoms with van der Waals surface area (Å²) < 4.78 is 88.7. The molecule has 6 N–H and O–H groups in total. The van der Waals surface area contributed by atoms with Gasteiger partial charge in [-0.25, -0.2) is 0 Å². The molecular formula is C21H27BO12S3. The minimum absolute atomic E-state index is 0.0666. The molecule has 0 saturated carbocycles. The van der Waals surface area contributed by atoms with Crippen molar-refractivity contribution in [3.05, 3.63) is 89.5 Å². The van der Waals surface area contributed by atoms with Crippen LogP contribution in [0.2, 0.25) is 0 Å². The van der Waals surface area contributed by atoms with Crippen LogP contribution in [0.4, 0.5) is 0 Å². The highest BCUT2D eigenvalue weighted by atomic mass is 32.2. The van der Waals surface area contributed by atoms with Crippen molar-refractivity contribution in [2.45, 2.75) is 35.5 Å². The SMILES string of the molecule is Cc1ccc(S(=O)(=O)O)cc1.Cc1ccc(S(=O)(=O)O)cc1.Cc1ccc(S(=O)(=O)O)cc1.OB(O)O. The van der Waals surface area contributed by atoms with Crippen molar-refractivity contribution in [3.63, 3.8) is 0 Å². The highest BCUT2D eigenvalue weighted by Gasteiger charge is 2.08. The molecule has 0 amide bonds. The molecule has 0 spiro atoms. The van der Waals surface area contributed by atoms with Crippen molar-refractivity contribution in [3.8, 4) is 0 Å². The molecule has 12 nitrogen and oxygen atoms in total. The zero-order chi connectivity index (χ0) is 29.0. The van der Waals surface area contributed by atoms with Gasteiger partial charge in [-0.2, -0.15) is 25.3 Å². The van der Waals surface area contributed by atoms with Gasteiger partial charge in [-0.3, -0.25) is 13.7 Å². The van der Waals surface area contributed by atoms with Gasteiger partial charge in [0.05, 0.1) is 14.7 Å². The van der Waals surface area contributed by atoms with Gasteiger partial charge in [0.2, 0.25) is 0 Å². The van der Waals surface area contributed by atoms with Crippen LogP contribution in [-0.4, -0.2) is 61.3 Å². The Balaban J connectivity index is 0.000000490. The van der Waals surface area contributed by atoms with E-state index in [1.54, 1.807) is 36.4 Å². The van der Waals surface area contributed by atoms with E-state index < -0.39 is 37.7 Å². The van der Waals surface area contributed by atoms with E-state index in [1.165, 1.54) is 36.4 Å². The van der Waals surface area contributed by atoms with Crippen molar-refractivity contribution < 1.29 is 54.0 Å². The quantitative estimate of drug-likeness (QED) is 0.193. The number of hydrogen-bond acceptors (Lipinski definition) is 9. The molecule has 0 aromatic heterocycles. The van der Waals surface area contributed by atoms with E-state index in [2.05, 4.69) is 0 Å². The fraction of sp³-hybridized carbons (Fsp3) is 0.143. The van der Waals surface area contributed by atoms with Gasteiger partial charge in [0.25, 0.3) is 30.4 Å². The van der Waals surface area contributed by atoms with Gasteiger partial charge in [0, 0.05) is 0 Å². The minimum Gasteiger partial charge on any atom is -0.402 e. The summed E-state index contributed by atoms with van der Waals surface area (Å²) in [7, 11) is -14.2. The van der Waals surface area contributed by atoms with Gasteiger partial charge in [0.15, 0.2) is 0 Å². The third-order valence-corrected chi connectivity index (χ3v) is 6.56. The summed E-state index contributed by atoms with van der Waals surface area (Å²) in [5.74, 6) is 0. The summed E-state index contributed by atoms with van der Waals surface area (Å²) in [5.41, 5.74) is 2.87.